The summed E-state index contributed by atoms with van der Waals surface area (Å²) >= 11 is 0. The van der Waals surface area contributed by atoms with Gasteiger partial charge in [-0.2, -0.15) is 0 Å². The Balaban J connectivity index is 3.09. The van der Waals surface area contributed by atoms with Gasteiger partial charge >= 0.3 is 18.0 Å². The number of alkyl carbamates (subject to hydrolysis) is 1. The van der Waals surface area contributed by atoms with Crippen LogP contribution in [0.5, 0.6) is 0 Å². The number of allylic oxidation sites excluding steroid dienone is 1. The Morgan fingerprint density at radius 1 is 1.02 bits per heavy atom. The second-order valence-corrected chi connectivity index (χ2v) is 11.8. The standard InChI is InChI=1S/C29H44N4O9/c1-9-18(2)23(26(39)41-28(3,4)5)32-21(34)17-33-16-12-14-20(25(33)38)30-24(37)19(13-10-11-15-22(35)36)31-27(40)42-29(6,7)8/h11-12,14-16,18-19,23H,9-10,13,17H2,1-8H3,(H,30,37)(H,31,40)(H,32,34)(H,35,36)/t18-,19?,23+/m1/s1. The molecule has 0 aromatic carbocycles. The fourth-order valence-corrected chi connectivity index (χ4v) is 3.55. The van der Waals surface area contributed by atoms with Crippen LogP contribution < -0.4 is 21.5 Å². The van der Waals surface area contributed by atoms with Crippen LogP contribution in [0.4, 0.5) is 10.5 Å². The van der Waals surface area contributed by atoms with E-state index in [1.165, 1.54) is 24.4 Å². The van der Waals surface area contributed by atoms with Gasteiger partial charge in [0, 0.05) is 12.3 Å². The molecule has 0 bridgehead atoms. The zero-order valence-electron chi connectivity index (χ0n) is 25.6. The first-order chi connectivity index (χ1) is 19.3. The SMILES string of the molecule is CC[C@@H](C)[C@H](NC(=O)Cn1cccc(NC(=O)C(CCC=CC(=O)O)NC(=O)OC(C)(C)C)c1=O)C(=O)OC(C)(C)C. The minimum absolute atomic E-state index is 0.0138. The first-order valence-electron chi connectivity index (χ1n) is 13.7. The number of amides is 3. The van der Waals surface area contributed by atoms with Gasteiger partial charge in [0.15, 0.2) is 0 Å². The van der Waals surface area contributed by atoms with Gasteiger partial charge in [-0.25, -0.2) is 14.4 Å². The Labute approximate surface area is 246 Å². The molecule has 1 aromatic heterocycles. The van der Waals surface area contributed by atoms with Crippen molar-refractivity contribution < 1.29 is 38.6 Å². The predicted octanol–water partition coefficient (Wildman–Crippen LogP) is 2.97. The number of carboxylic acids is 1. The highest BCUT2D eigenvalue weighted by Crippen LogP contribution is 2.15. The molecule has 0 fully saturated rings. The van der Waals surface area contributed by atoms with E-state index in [9.17, 15) is 28.8 Å². The number of ether oxygens (including phenoxy) is 2. The topological polar surface area (TPSA) is 182 Å². The van der Waals surface area contributed by atoms with Crippen molar-refractivity contribution in [1.29, 1.82) is 0 Å². The van der Waals surface area contributed by atoms with E-state index in [2.05, 4.69) is 16.0 Å². The van der Waals surface area contributed by atoms with Crippen LogP contribution in [-0.4, -0.2) is 62.8 Å². The number of hydrogen-bond donors (Lipinski definition) is 4. The molecule has 0 saturated carbocycles. The van der Waals surface area contributed by atoms with Crippen molar-refractivity contribution in [2.45, 2.75) is 104 Å². The molecule has 0 aliphatic heterocycles. The Morgan fingerprint density at radius 2 is 1.64 bits per heavy atom. The maximum atomic E-state index is 13.1. The number of nitrogens with zero attached hydrogens (tertiary/aromatic N) is 1. The Kier molecular flexibility index (Phi) is 13.4. The number of anilines is 1. The third-order valence-corrected chi connectivity index (χ3v) is 5.67. The lowest BCUT2D eigenvalue weighted by atomic mass is 9.99. The first kappa shape index (κ1) is 35.9. The molecule has 234 valence electrons. The highest BCUT2D eigenvalue weighted by molar-refractivity contribution is 5.96. The molecule has 13 nitrogen and oxygen atoms in total. The van der Waals surface area contributed by atoms with Gasteiger partial charge in [0.25, 0.3) is 5.56 Å². The summed E-state index contributed by atoms with van der Waals surface area (Å²) in [7, 11) is 0. The number of pyridine rings is 1. The van der Waals surface area contributed by atoms with Crippen molar-refractivity contribution in [1.82, 2.24) is 15.2 Å². The van der Waals surface area contributed by atoms with Gasteiger partial charge in [-0.05, 0) is 72.4 Å². The van der Waals surface area contributed by atoms with Crippen molar-refractivity contribution in [2.75, 3.05) is 5.32 Å². The van der Waals surface area contributed by atoms with Gasteiger partial charge in [0.1, 0.15) is 35.5 Å². The molecule has 0 aliphatic rings. The minimum Gasteiger partial charge on any atom is -0.478 e. The molecule has 42 heavy (non-hydrogen) atoms. The summed E-state index contributed by atoms with van der Waals surface area (Å²) < 4.78 is 11.7. The summed E-state index contributed by atoms with van der Waals surface area (Å²) in [5.41, 5.74) is -2.43. The van der Waals surface area contributed by atoms with Crippen molar-refractivity contribution in [3.05, 3.63) is 40.8 Å². The Bertz CT molecular complexity index is 1210. The smallest absolute Gasteiger partial charge is 0.408 e. The van der Waals surface area contributed by atoms with Gasteiger partial charge in [-0.15, -0.1) is 0 Å². The minimum atomic E-state index is -1.17. The summed E-state index contributed by atoms with van der Waals surface area (Å²) in [4.78, 5) is 74.8. The predicted molar refractivity (Wildman–Crippen MR) is 156 cm³/mol. The molecule has 13 heteroatoms. The molecule has 0 aliphatic carbocycles. The molecule has 1 heterocycles. The number of carbonyl (C=O) groups excluding carboxylic acids is 4. The highest BCUT2D eigenvalue weighted by Gasteiger charge is 2.31. The van der Waals surface area contributed by atoms with Crippen molar-refractivity contribution >= 4 is 35.5 Å². The third kappa shape index (κ3) is 13.5. The molecule has 1 rings (SSSR count). The molecule has 4 N–H and O–H groups in total. The van der Waals surface area contributed by atoms with Gasteiger partial charge < -0.3 is 35.1 Å². The van der Waals surface area contributed by atoms with Crippen LogP contribution in [0.2, 0.25) is 0 Å². The van der Waals surface area contributed by atoms with E-state index in [0.29, 0.717) is 6.42 Å². The molecule has 0 radical (unpaired) electrons. The average molecular weight is 593 g/mol. The van der Waals surface area contributed by atoms with Crippen molar-refractivity contribution in [3.63, 3.8) is 0 Å². The number of rotatable bonds is 13. The van der Waals surface area contributed by atoms with Crippen molar-refractivity contribution in [2.24, 2.45) is 5.92 Å². The van der Waals surface area contributed by atoms with E-state index in [4.69, 9.17) is 14.6 Å². The summed E-state index contributed by atoms with van der Waals surface area (Å²) in [6.45, 7) is 13.4. The lowest BCUT2D eigenvalue weighted by Gasteiger charge is -2.27. The molecule has 1 unspecified atom stereocenters. The second-order valence-electron chi connectivity index (χ2n) is 11.8. The summed E-state index contributed by atoms with van der Waals surface area (Å²) in [5.74, 6) is -3.32. The average Bonchev–Trinajstić information content (AvgIpc) is 2.83. The van der Waals surface area contributed by atoms with Crippen LogP contribution in [0, 0.1) is 5.92 Å². The zero-order valence-corrected chi connectivity index (χ0v) is 25.6. The number of carboxylic acid groups (broad SMARTS) is 1. The molecule has 0 spiro atoms. The van der Waals surface area contributed by atoms with E-state index in [1.54, 1.807) is 48.5 Å². The van der Waals surface area contributed by atoms with Crippen LogP contribution in [0.3, 0.4) is 0 Å². The maximum absolute atomic E-state index is 13.1. The fourth-order valence-electron chi connectivity index (χ4n) is 3.55. The lowest BCUT2D eigenvalue weighted by Crippen LogP contribution is -2.49. The van der Waals surface area contributed by atoms with Crippen LogP contribution in [0.25, 0.3) is 0 Å². The molecule has 0 saturated heterocycles. The van der Waals surface area contributed by atoms with Gasteiger partial charge in [-0.3, -0.25) is 14.4 Å². The van der Waals surface area contributed by atoms with Gasteiger partial charge in [0.05, 0.1) is 0 Å². The largest absolute Gasteiger partial charge is 0.478 e. The summed E-state index contributed by atoms with van der Waals surface area (Å²) in [6, 6.07) is 0.706. The monoisotopic (exact) mass is 592 g/mol. The van der Waals surface area contributed by atoms with Crippen LogP contribution in [-0.2, 0) is 35.2 Å². The number of esters is 1. The summed E-state index contributed by atoms with van der Waals surface area (Å²) in [5, 5.41) is 16.3. The summed E-state index contributed by atoms with van der Waals surface area (Å²) in [6.07, 6.45) is 3.48. The molecular weight excluding hydrogens is 548 g/mol. The number of nitrogens with one attached hydrogen (secondary N) is 3. The molecule has 3 atom stereocenters. The normalized spacial score (nSPS) is 13.9. The highest BCUT2D eigenvalue weighted by atomic mass is 16.6. The van der Waals surface area contributed by atoms with E-state index >= 15 is 0 Å². The van der Waals surface area contributed by atoms with Crippen LogP contribution in [0.1, 0.15) is 74.7 Å². The van der Waals surface area contributed by atoms with E-state index in [-0.39, 0.29) is 24.4 Å². The number of aromatic nitrogens is 1. The van der Waals surface area contributed by atoms with Crippen molar-refractivity contribution in [3.8, 4) is 0 Å². The second kappa shape index (κ2) is 15.7. The number of carbonyl (C=O) groups is 5. The van der Waals surface area contributed by atoms with E-state index in [1.807, 2.05) is 6.92 Å². The maximum Gasteiger partial charge on any atom is 0.408 e. The van der Waals surface area contributed by atoms with Gasteiger partial charge in [0.2, 0.25) is 11.8 Å². The van der Waals surface area contributed by atoms with Crippen LogP contribution in [0.15, 0.2) is 35.3 Å². The third-order valence-electron chi connectivity index (χ3n) is 5.67. The number of hydrogen-bond acceptors (Lipinski definition) is 8. The molecule has 3 amide bonds. The van der Waals surface area contributed by atoms with E-state index < -0.39 is 65.2 Å². The first-order valence-corrected chi connectivity index (χ1v) is 13.7. The number of aliphatic carboxylic acids is 1. The molecule has 1 aromatic rings. The van der Waals surface area contributed by atoms with Crippen LogP contribution >= 0.6 is 0 Å². The molecular formula is C29H44N4O9. The zero-order chi connectivity index (χ0) is 32.3. The van der Waals surface area contributed by atoms with Gasteiger partial charge in [-0.1, -0.05) is 26.3 Å². The lowest BCUT2D eigenvalue weighted by molar-refractivity contribution is -0.160. The fraction of sp³-hybridized carbons (Fsp3) is 0.586. The van der Waals surface area contributed by atoms with E-state index in [0.717, 1.165) is 10.6 Å². The Hall–Kier alpha value is -4.16. The quantitative estimate of drug-likeness (QED) is 0.198. The Morgan fingerprint density at radius 3 is 2.19 bits per heavy atom.